The van der Waals surface area contributed by atoms with E-state index in [1.54, 1.807) is 18.2 Å². The van der Waals surface area contributed by atoms with Crippen LogP contribution in [0.15, 0.2) is 54.6 Å². The van der Waals surface area contributed by atoms with Crippen LogP contribution in [0, 0.1) is 0 Å². The van der Waals surface area contributed by atoms with E-state index in [0.717, 1.165) is 5.56 Å². The van der Waals surface area contributed by atoms with Crippen LogP contribution in [0.25, 0.3) is 0 Å². The number of nitrogens with one attached hydrogen (secondary N) is 1. The Morgan fingerprint density at radius 3 is 2.37 bits per heavy atom. The Kier molecular flexibility index (Phi) is 7.73. The number of rotatable bonds is 10. The van der Waals surface area contributed by atoms with Gasteiger partial charge in [-0.05, 0) is 24.5 Å². The summed E-state index contributed by atoms with van der Waals surface area (Å²) < 4.78 is 29.4. The summed E-state index contributed by atoms with van der Waals surface area (Å²) in [5.41, 5.74) is 1.31. The average Bonchev–Trinajstić information content (AvgIpc) is 2.62. The van der Waals surface area contributed by atoms with Gasteiger partial charge in [0.05, 0.1) is 6.42 Å². The minimum Gasteiger partial charge on any atom is -0.481 e. The highest BCUT2D eigenvalue weighted by atomic mass is 19.3. The van der Waals surface area contributed by atoms with Gasteiger partial charge in [-0.1, -0.05) is 48.5 Å². The smallest absolute Gasteiger partial charge is 0.387 e. The fourth-order valence-electron chi connectivity index (χ4n) is 2.73. The Morgan fingerprint density at radius 2 is 1.70 bits per heavy atom. The minimum absolute atomic E-state index is 0.0483. The number of para-hydroxylation sites is 1. The van der Waals surface area contributed by atoms with E-state index in [9.17, 15) is 18.4 Å². The van der Waals surface area contributed by atoms with Crippen molar-refractivity contribution in [2.75, 3.05) is 0 Å². The van der Waals surface area contributed by atoms with Gasteiger partial charge in [-0.3, -0.25) is 9.59 Å². The van der Waals surface area contributed by atoms with Crippen molar-refractivity contribution in [3.8, 4) is 5.75 Å². The van der Waals surface area contributed by atoms with Gasteiger partial charge in [0.15, 0.2) is 0 Å². The lowest BCUT2D eigenvalue weighted by molar-refractivity contribution is -0.137. The highest BCUT2D eigenvalue weighted by Crippen LogP contribution is 2.21. The SMILES string of the molecule is O=C(O)CCC(Cc1ccccc1)NC(=O)Cc1ccccc1OC(F)F. The normalized spacial score (nSPS) is 11.8. The van der Waals surface area contributed by atoms with Crippen molar-refractivity contribution in [1.29, 1.82) is 0 Å². The molecule has 0 aromatic heterocycles. The van der Waals surface area contributed by atoms with Crippen molar-refractivity contribution in [1.82, 2.24) is 5.32 Å². The topological polar surface area (TPSA) is 75.6 Å². The molecule has 0 saturated heterocycles. The van der Waals surface area contributed by atoms with Gasteiger partial charge in [0.1, 0.15) is 5.75 Å². The molecule has 2 N–H and O–H groups in total. The number of amides is 1. The zero-order chi connectivity index (χ0) is 19.6. The summed E-state index contributed by atoms with van der Waals surface area (Å²) in [5.74, 6) is -1.38. The van der Waals surface area contributed by atoms with Crippen molar-refractivity contribution in [3.05, 3.63) is 65.7 Å². The molecule has 1 amide bonds. The lowest BCUT2D eigenvalue weighted by Crippen LogP contribution is -2.37. The zero-order valence-corrected chi connectivity index (χ0v) is 14.6. The molecule has 2 rings (SSSR count). The predicted octanol–water partition coefficient (Wildman–Crippen LogP) is 3.42. The van der Waals surface area contributed by atoms with Gasteiger partial charge >= 0.3 is 12.6 Å². The molecule has 1 unspecified atom stereocenters. The third kappa shape index (κ3) is 7.43. The lowest BCUT2D eigenvalue weighted by Gasteiger charge is -2.19. The van der Waals surface area contributed by atoms with Crippen LogP contribution in [0.5, 0.6) is 5.75 Å². The van der Waals surface area contributed by atoms with Crippen molar-refractivity contribution >= 4 is 11.9 Å². The van der Waals surface area contributed by atoms with Crippen LogP contribution in [0.2, 0.25) is 0 Å². The quantitative estimate of drug-likeness (QED) is 0.665. The van der Waals surface area contributed by atoms with Gasteiger partial charge in [-0.2, -0.15) is 8.78 Å². The van der Waals surface area contributed by atoms with Crippen LogP contribution in [0.3, 0.4) is 0 Å². The second-order valence-corrected chi connectivity index (χ2v) is 6.05. The van der Waals surface area contributed by atoms with E-state index in [1.165, 1.54) is 6.07 Å². The Hall–Kier alpha value is -2.96. The maximum atomic E-state index is 12.5. The molecule has 2 aromatic carbocycles. The fourth-order valence-corrected chi connectivity index (χ4v) is 2.73. The van der Waals surface area contributed by atoms with E-state index in [-0.39, 0.29) is 37.0 Å². The number of aliphatic carboxylic acids is 1. The molecule has 0 aliphatic heterocycles. The standard InChI is InChI=1S/C20H21F2NO4/c21-20(22)27-17-9-5-4-8-15(17)13-18(24)23-16(10-11-19(25)26)12-14-6-2-1-3-7-14/h1-9,16,20H,10-13H2,(H,23,24)(H,25,26). The number of carbonyl (C=O) groups is 2. The maximum absolute atomic E-state index is 12.5. The molecule has 0 radical (unpaired) electrons. The molecule has 0 aliphatic carbocycles. The molecule has 0 heterocycles. The number of carboxylic acids is 1. The van der Waals surface area contributed by atoms with Gasteiger partial charge in [0.25, 0.3) is 0 Å². The number of ether oxygens (including phenoxy) is 1. The van der Waals surface area contributed by atoms with Gasteiger partial charge < -0.3 is 15.2 Å². The van der Waals surface area contributed by atoms with Crippen molar-refractivity contribution in [3.63, 3.8) is 0 Å². The number of carboxylic acid groups (broad SMARTS) is 1. The molecule has 0 aliphatic rings. The Morgan fingerprint density at radius 1 is 1.04 bits per heavy atom. The van der Waals surface area contributed by atoms with Crippen LogP contribution >= 0.6 is 0 Å². The van der Waals surface area contributed by atoms with Crippen LogP contribution in [0.4, 0.5) is 8.78 Å². The molecule has 5 nitrogen and oxygen atoms in total. The highest BCUT2D eigenvalue weighted by molar-refractivity contribution is 5.79. The molecule has 0 spiro atoms. The number of carbonyl (C=O) groups excluding carboxylic acids is 1. The largest absolute Gasteiger partial charge is 0.481 e. The zero-order valence-electron chi connectivity index (χ0n) is 14.6. The van der Waals surface area contributed by atoms with Crippen molar-refractivity contribution in [2.45, 2.75) is 38.3 Å². The summed E-state index contributed by atoms with van der Waals surface area (Å²) in [5, 5.41) is 11.7. The Labute approximate surface area is 156 Å². The first-order valence-electron chi connectivity index (χ1n) is 8.52. The van der Waals surface area contributed by atoms with Crippen LogP contribution in [0.1, 0.15) is 24.0 Å². The monoisotopic (exact) mass is 377 g/mol. The number of hydrogen-bond acceptors (Lipinski definition) is 3. The van der Waals surface area contributed by atoms with E-state index in [2.05, 4.69) is 10.1 Å². The second kappa shape index (κ2) is 10.3. The van der Waals surface area contributed by atoms with Crippen LogP contribution in [-0.4, -0.2) is 29.6 Å². The Bertz CT molecular complexity index is 753. The van der Waals surface area contributed by atoms with Gasteiger partial charge in [0.2, 0.25) is 5.91 Å². The molecule has 1 atom stereocenters. The van der Waals surface area contributed by atoms with Crippen LogP contribution in [-0.2, 0) is 22.4 Å². The van der Waals surface area contributed by atoms with Gasteiger partial charge in [0, 0.05) is 18.0 Å². The number of halogens is 2. The summed E-state index contributed by atoms with van der Waals surface area (Å²) in [7, 11) is 0. The molecular formula is C20H21F2NO4. The molecule has 0 saturated carbocycles. The molecular weight excluding hydrogens is 356 g/mol. The van der Waals surface area contributed by atoms with E-state index < -0.39 is 12.6 Å². The summed E-state index contributed by atoms with van der Waals surface area (Å²) >= 11 is 0. The first kappa shape index (κ1) is 20.4. The van der Waals surface area contributed by atoms with E-state index in [0.29, 0.717) is 12.0 Å². The number of benzene rings is 2. The van der Waals surface area contributed by atoms with Crippen molar-refractivity contribution < 1.29 is 28.2 Å². The predicted molar refractivity (Wildman–Crippen MR) is 95.7 cm³/mol. The average molecular weight is 377 g/mol. The fraction of sp³-hybridized carbons (Fsp3) is 0.300. The second-order valence-electron chi connectivity index (χ2n) is 6.05. The first-order valence-corrected chi connectivity index (χ1v) is 8.52. The summed E-state index contributed by atoms with van der Waals surface area (Å²) in [6.07, 6.45) is 0.532. The maximum Gasteiger partial charge on any atom is 0.387 e. The first-order chi connectivity index (χ1) is 12.9. The Balaban J connectivity index is 2.03. The molecule has 0 fully saturated rings. The van der Waals surface area contributed by atoms with Crippen LogP contribution < -0.4 is 10.1 Å². The number of alkyl halides is 2. The van der Waals surface area contributed by atoms with Gasteiger partial charge in [-0.25, -0.2) is 0 Å². The van der Waals surface area contributed by atoms with E-state index in [1.807, 2.05) is 30.3 Å². The highest BCUT2D eigenvalue weighted by Gasteiger charge is 2.17. The third-order valence-corrected chi connectivity index (χ3v) is 3.94. The van der Waals surface area contributed by atoms with E-state index >= 15 is 0 Å². The summed E-state index contributed by atoms with van der Waals surface area (Å²) in [6.45, 7) is -2.98. The van der Waals surface area contributed by atoms with Gasteiger partial charge in [-0.15, -0.1) is 0 Å². The third-order valence-electron chi connectivity index (χ3n) is 3.94. The summed E-state index contributed by atoms with van der Waals surface area (Å²) in [4.78, 5) is 23.3. The van der Waals surface area contributed by atoms with E-state index in [4.69, 9.17) is 5.11 Å². The molecule has 144 valence electrons. The molecule has 2 aromatic rings. The lowest BCUT2D eigenvalue weighted by atomic mass is 10.0. The number of hydrogen-bond donors (Lipinski definition) is 2. The minimum atomic E-state index is -2.98. The molecule has 0 bridgehead atoms. The van der Waals surface area contributed by atoms with Crippen molar-refractivity contribution in [2.24, 2.45) is 0 Å². The molecule has 27 heavy (non-hydrogen) atoms. The molecule has 7 heteroatoms. The summed E-state index contributed by atoms with van der Waals surface area (Å²) in [6, 6.07) is 15.1.